The van der Waals surface area contributed by atoms with E-state index in [4.69, 9.17) is 39.2 Å². The van der Waals surface area contributed by atoms with Crippen LogP contribution < -0.4 is 5.43 Å². The Morgan fingerprint density at radius 2 is 1.69 bits per heavy atom. The molecule has 4 nitrogen and oxygen atoms in total. The van der Waals surface area contributed by atoms with Crippen molar-refractivity contribution < 1.29 is 13.6 Å². The molecule has 3 aromatic carbocycles. The summed E-state index contributed by atoms with van der Waals surface area (Å²) >= 11 is 18.6. The summed E-state index contributed by atoms with van der Waals surface area (Å²) in [5.74, 6) is -1.13. The van der Waals surface area contributed by atoms with Crippen molar-refractivity contribution in [2.45, 2.75) is 12.6 Å². The standard InChI is InChI=1S/C24H13Cl3FNO3/c25-16-4-2-1-3-13(16)11-29-21(12-5-7-17(26)18(27)9-12)20-22(30)15-10-14(28)6-8-19(15)32-23(20)24(29)31/h1-10,21H,11H2. The van der Waals surface area contributed by atoms with Gasteiger partial charge in [0.05, 0.1) is 27.0 Å². The Kier molecular flexibility index (Phi) is 5.20. The van der Waals surface area contributed by atoms with Crippen molar-refractivity contribution >= 4 is 51.7 Å². The molecule has 1 atom stereocenters. The first kappa shape index (κ1) is 21.0. The van der Waals surface area contributed by atoms with Crippen molar-refractivity contribution in [1.29, 1.82) is 0 Å². The molecule has 1 aromatic heterocycles. The first-order chi connectivity index (χ1) is 15.3. The minimum absolute atomic E-state index is 0.0567. The largest absolute Gasteiger partial charge is 0.450 e. The molecule has 0 fully saturated rings. The van der Waals surface area contributed by atoms with Crippen molar-refractivity contribution in [1.82, 2.24) is 4.90 Å². The van der Waals surface area contributed by atoms with Crippen LogP contribution in [0.4, 0.5) is 4.39 Å². The van der Waals surface area contributed by atoms with Crippen LogP contribution in [0.1, 0.15) is 33.3 Å². The molecule has 160 valence electrons. The second-order valence-electron chi connectivity index (χ2n) is 7.42. The minimum atomic E-state index is -0.813. The fourth-order valence-electron chi connectivity index (χ4n) is 3.99. The summed E-state index contributed by atoms with van der Waals surface area (Å²) in [6.45, 7) is 0.123. The third-order valence-corrected chi connectivity index (χ3v) is 6.59. The zero-order chi connectivity index (χ0) is 22.6. The number of nitrogens with zero attached hydrogens (tertiary/aromatic N) is 1. The molecule has 5 rings (SSSR count). The molecular formula is C24H13Cl3FNO3. The Morgan fingerprint density at radius 3 is 2.44 bits per heavy atom. The van der Waals surface area contributed by atoms with E-state index in [2.05, 4.69) is 0 Å². The van der Waals surface area contributed by atoms with E-state index in [1.54, 1.807) is 36.4 Å². The van der Waals surface area contributed by atoms with Crippen molar-refractivity contribution in [2.24, 2.45) is 0 Å². The van der Waals surface area contributed by atoms with E-state index in [9.17, 15) is 14.0 Å². The van der Waals surface area contributed by atoms with Gasteiger partial charge >= 0.3 is 0 Å². The molecule has 4 aromatic rings. The van der Waals surface area contributed by atoms with Gasteiger partial charge in [-0.2, -0.15) is 0 Å². The van der Waals surface area contributed by atoms with Crippen LogP contribution in [0.3, 0.4) is 0 Å². The lowest BCUT2D eigenvalue weighted by molar-refractivity contribution is 0.0714. The normalized spacial score (nSPS) is 15.4. The third kappa shape index (κ3) is 3.37. The van der Waals surface area contributed by atoms with E-state index in [0.717, 1.165) is 6.07 Å². The molecule has 2 heterocycles. The van der Waals surface area contributed by atoms with Crippen LogP contribution in [-0.4, -0.2) is 10.8 Å². The maximum absolute atomic E-state index is 13.9. The summed E-state index contributed by atoms with van der Waals surface area (Å²) in [4.78, 5) is 28.3. The molecule has 0 radical (unpaired) electrons. The minimum Gasteiger partial charge on any atom is -0.450 e. The molecule has 0 spiro atoms. The smallest absolute Gasteiger partial charge is 0.291 e. The van der Waals surface area contributed by atoms with Gasteiger partial charge < -0.3 is 9.32 Å². The lowest BCUT2D eigenvalue weighted by Gasteiger charge is -2.26. The SMILES string of the molecule is O=C1c2oc3ccc(F)cc3c(=O)c2C(c2ccc(Cl)c(Cl)c2)N1Cc1ccccc1Cl. The van der Waals surface area contributed by atoms with Crippen LogP contribution in [0.5, 0.6) is 0 Å². The number of carbonyl (C=O) groups excluding carboxylic acids is 1. The van der Waals surface area contributed by atoms with Crippen molar-refractivity contribution in [3.05, 3.63) is 114 Å². The highest BCUT2D eigenvalue weighted by molar-refractivity contribution is 6.42. The van der Waals surface area contributed by atoms with Crippen molar-refractivity contribution in [2.75, 3.05) is 0 Å². The topological polar surface area (TPSA) is 50.5 Å². The first-order valence-corrected chi connectivity index (χ1v) is 10.7. The van der Waals surface area contributed by atoms with Gasteiger partial charge in [0.1, 0.15) is 11.4 Å². The average molecular weight is 489 g/mol. The second-order valence-corrected chi connectivity index (χ2v) is 8.64. The van der Waals surface area contributed by atoms with Crippen LogP contribution in [0.15, 0.2) is 69.9 Å². The highest BCUT2D eigenvalue weighted by Crippen LogP contribution is 2.41. The number of fused-ring (bicyclic) bond motifs is 2. The van der Waals surface area contributed by atoms with Crippen LogP contribution in [-0.2, 0) is 6.54 Å². The molecule has 0 bridgehead atoms. The number of carbonyl (C=O) groups is 1. The highest BCUT2D eigenvalue weighted by Gasteiger charge is 2.43. The molecule has 1 amide bonds. The monoisotopic (exact) mass is 487 g/mol. The number of amides is 1. The molecule has 1 unspecified atom stereocenters. The zero-order valence-corrected chi connectivity index (χ0v) is 18.5. The lowest BCUT2D eigenvalue weighted by atomic mass is 9.98. The van der Waals surface area contributed by atoms with Crippen LogP contribution in [0.2, 0.25) is 15.1 Å². The predicted octanol–water partition coefficient (Wildman–Crippen LogP) is 6.64. The lowest BCUT2D eigenvalue weighted by Crippen LogP contribution is -2.29. The maximum Gasteiger partial charge on any atom is 0.291 e. The summed E-state index contributed by atoms with van der Waals surface area (Å²) in [6.07, 6.45) is 0. The van der Waals surface area contributed by atoms with Gasteiger partial charge in [-0.3, -0.25) is 9.59 Å². The fraction of sp³-hybridized carbons (Fsp3) is 0.0833. The summed E-state index contributed by atoms with van der Waals surface area (Å²) in [5, 5.41) is 1.15. The fourth-order valence-corrected chi connectivity index (χ4v) is 4.50. The van der Waals surface area contributed by atoms with E-state index in [1.165, 1.54) is 17.0 Å². The molecule has 0 N–H and O–H groups in total. The molecule has 1 aliphatic heterocycles. The van der Waals surface area contributed by atoms with E-state index >= 15 is 0 Å². The Labute approximate surface area is 196 Å². The predicted molar refractivity (Wildman–Crippen MR) is 122 cm³/mol. The van der Waals surface area contributed by atoms with Gasteiger partial charge in [-0.1, -0.05) is 59.1 Å². The number of benzene rings is 3. The van der Waals surface area contributed by atoms with Gasteiger partial charge in [-0.25, -0.2) is 4.39 Å². The third-order valence-electron chi connectivity index (χ3n) is 5.49. The van der Waals surface area contributed by atoms with Gasteiger partial charge in [0.2, 0.25) is 5.76 Å². The molecule has 32 heavy (non-hydrogen) atoms. The number of halogens is 4. The van der Waals surface area contributed by atoms with Gasteiger partial charge in [-0.05, 0) is 47.5 Å². The molecule has 8 heteroatoms. The average Bonchev–Trinajstić information content (AvgIpc) is 3.04. The Hall–Kier alpha value is -2.86. The Morgan fingerprint density at radius 1 is 0.906 bits per heavy atom. The Bertz CT molecular complexity index is 1470. The second kappa shape index (κ2) is 7.93. The first-order valence-electron chi connectivity index (χ1n) is 9.60. The van der Waals surface area contributed by atoms with E-state index in [0.29, 0.717) is 21.2 Å². The van der Waals surface area contributed by atoms with E-state index < -0.39 is 23.2 Å². The Balaban J connectivity index is 1.76. The number of rotatable bonds is 3. The van der Waals surface area contributed by atoms with E-state index in [-0.39, 0.29) is 33.9 Å². The summed E-state index contributed by atoms with van der Waals surface area (Å²) in [6, 6.07) is 14.8. The maximum atomic E-state index is 13.9. The highest BCUT2D eigenvalue weighted by atomic mass is 35.5. The van der Waals surface area contributed by atoms with Gasteiger partial charge in [-0.15, -0.1) is 0 Å². The quantitative estimate of drug-likeness (QED) is 0.325. The molecular weight excluding hydrogens is 476 g/mol. The summed E-state index contributed by atoms with van der Waals surface area (Å²) in [5.41, 5.74) is 1.05. The number of hydrogen-bond donors (Lipinski definition) is 0. The van der Waals surface area contributed by atoms with E-state index in [1.807, 2.05) is 6.07 Å². The van der Waals surface area contributed by atoms with Crippen molar-refractivity contribution in [3.63, 3.8) is 0 Å². The van der Waals surface area contributed by atoms with Crippen molar-refractivity contribution in [3.8, 4) is 0 Å². The van der Waals surface area contributed by atoms with Gasteiger partial charge in [0, 0.05) is 11.6 Å². The van der Waals surface area contributed by atoms with Crippen LogP contribution in [0.25, 0.3) is 11.0 Å². The molecule has 0 saturated carbocycles. The zero-order valence-electron chi connectivity index (χ0n) is 16.2. The van der Waals surface area contributed by atoms with Gasteiger partial charge in [0.25, 0.3) is 5.91 Å². The number of hydrogen-bond acceptors (Lipinski definition) is 3. The molecule has 1 aliphatic rings. The van der Waals surface area contributed by atoms with Gasteiger partial charge in [0.15, 0.2) is 5.43 Å². The van der Waals surface area contributed by atoms with Crippen LogP contribution in [0, 0.1) is 5.82 Å². The summed E-state index contributed by atoms with van der Waals surface area (Å²) in [7, 11) is 0. The summed E-state index contributed by atoms with van der Waals surface area (Å²) < 4.78 is 19.7. The van der Waals surface area contributed by atoms with Crippen LogP contribution >= 0.6 is 34.8 Å². The molecule has 0 aliphatic carbocycles. The molecule has 0 saturated heterocycles.